The summed E-state index contributed by atoms with van der Waals surface area (Å²) in [5, 5.41) is 7.05. The summed E-state index contributed by atoms with van der Waals surface area (Å²) in [4.78, 5) is 18.2. The number of urea groups is 1. The van der Waals surface area contributed by atoms with Gasteiger partial charge in [-0.3, -0.25) is 4.68 Å². The van der Waals surface area contributed by atoms with Crippen molar-refractivity contribution in [3.05, 3.63) is 48.0 Å². The summed E-state index contributed by atoms with van der Waals surface area (Å²) in [6, 6.07) is 10.6. The van der Waals surface area contributed by atoms with E-state index in [-0.39, 0.29) is 6.03 Å². The van der Waals surface area contributed by atoms with Gasteiger partial charge in [-0.05, 0) is 30.7 Å². The minimum absolute atomic E-state index is 0.0179. The molecule has 2 heterocycles. The Balaban J connectivity index is 1.42. The van der Waals surface area contributed by atoms with Crippen LogP contribution in [-0.4, -0.2) is 38.8 Å². The number of benzene rings is 1. The van der Waals surface area contributed by atoms with Crippen molar-refractivity contribution in [1.82, 2.24) is 25.0 Å². The lowest BCUT2D eigenvalue weighted by atomic mass is 9.90. The summed E-state index contributed by atoms with van der Waals surface area (Å²) in [5.41, 5.74) is 1.39. The van der Waals surface area contributed by atoms with E-state index in [1.54, 1.807) is 11.0 Å². The summed E-state index contributed by atoms with van der Waals surface area (Å²) in [7, 11) is 1.82. The van der Waals surface area contributed by atoms with Gasteiger partial charge in [0.1, 0.15) is 6.33 Å². The van der Waals surface area contributed by atoms with Gasteiger partial charge in [-0.15, -0.1) is 0 Å². The van der Waals surface area contributed by atoms with Crippen LogP contribution in [0.1, 0.15) is 24.2 Å². The number of likely N-dealkylation sites (tertiary alicyclic amines) is 1. The minimum atomic E-state index is -0.0179. The number of nitrogens with zero attached hydrogens (tertiary/aromatic N) is 4. The number of carbonyl (C=O) groups excluding carboxylic acids is 1. The Kier molecular flexibility index (Phi) is 4.90. The van der Waals surface area contributed by atoms with Gasteiger partial charge in [-0.2, -0.15) is 5.10 Å². The average molecular weight is 313 g/mol. The second kappa shape index (κ2) is 7.26. The van der Waals surface area contributed by atoms with Crippen LogP contribution in [0.2, 0.25) is 0 Å². The molecule has 2 aromatic rings. The van der Waals surface area contributed by atoms with Crippen molar-refractivity contribution in [2.45, 2.75) is 25.8 Å². The average Bonchev–Trinajstić information content (AvgIpc) is 3.00. The Labute approximate surface area is 136 Å². The third-order valence-corrected chi connectivity index (χ3v) is 4.31. The first kappa shape index (κ1) is 15.5. The van der Waals surface area contributed by atoms with Crippen LogP contribution < -0.4 is 5.32 Å². The predicted octanol–water partition coefficient (Wildman–Crippen LogP) is 1.98. The van der Waals surface area contributed by atoms with Gasteiger partial charge in [0.15, 0.2) is 5.82 Å². The molecule has 0 saturated carbocycles. The molecule has 6 heteroatoms. The first-order chi connectivity index (χ1) is 11.2. The fourth-order valence-corrected chi connectivity index (χ4v) is 3.02. The predicted molar refractivity (Wildman–Crippen MR) is 87.7 cm³/mol. The third kappa shape index (κ3) is 4.31. The Morgan fingerprint density at radius 1 is 1.26 bits per heavy atom. The molecule has 6 nitrogen and oxygen atoms in total. The van der Waals surface area contributed by atoms with Gasteiger partial charge in [-0.1, -0.05) is 30.3 Å². The second-order valence-corrected chi connectivity index (χ2v) is 6.11. The van der Waals surface area contributed by atoms with Gasteiger partial charge < -0.3 is 10.2 Å². The molecule has 0 spiro atoms. The van der Waals surface area contributed by atoms with Crippen LogP contribution in [0.4, 0.5) is 4.79 Å². The SMILES string of the molecule is Cn1cnc(CNC(=O)N2CCC(Cc3ccccc3)CC2)n1. The van der Waals surface area contributed by atoms with Crippen LogP contribution >= 0.6 is 0 Å². The number of nitrogens with one attached hydrogen (secondary N) is 1. The van der Waals surface area contributed by atoms with Crippen LogP contribution in [0.25, 0.3) is 0 Å². The maximum absolute atomic E-state index is 12.2. The second-order valence-electron chi connectivity index (χ2n) is 6.11. The number of rotatable bonds is 4. The highest BCUT2D eigenvalue weighted by atomic mass is 16.2. The topological polar surface area (TPSA) is 63.1 Å². The molecule has 23 heavy (non-hydrogen) atoms. The number of hydrogen-bond acceptors (Lipinski definition) is 3. The smallest absolute Gasteiger partial charge is 0.317 e. The number of piperidine rings is 1. The highest BCUT2D eigenvalue weighted by Gasteiger charge is 2.22. The minimum Gasteiger partial charge on any atom is -0.331 e. The molecule has 0 atom stereocenters. The first-order valence-electron chi connectivity index (χ1n) is 8.12. The Bertz CT molecular complexity index is 631. The Morgan fingerprint density at radius 3 is 2.65 bits per heavy atom. The zero-order chi connectivity index (χ0) is 16.1. The molecule has 122 valence electrons. The molecule has 0 unspecified atom stereocenters. The quantitative estimate of drug-likeness (QED) is 0.939. The van der Waals surface area contributed by atoms with Crippen LogP contribution in [0, 0.1) is 5.92 Å². The molecule has 1 aromatic heterocycles. The molecular formula is C17H23N5O. The third-order valence-electron chi connectivity index (χ3n) is 4.31. The monoisotopic (exact) mass is 313 g/mol. The molecule has 1 N–H and O–H groups in total. The van der Waals surface area contributed by atoms with Crippen LogP contribution in [0.5, 0.6) is 0 Å². The highest BCUT2D eigenvalue weighted by molar-refractivity contribution is 5.74. The Hall–Kier alpha value is -2.37. The van der Waals surface area contributed by atoms with Crippen molar-refractivity contribution >= 4 is 6.03 Å². The zero-order valence-electron chi connectivity index (χ0n) is 13.5. The molecule has 0 aliphatic carbocycles. The Morgan fingerprint density at radius 2 is 2.00 bits per heavy atom. The maximum atomic E-state index is 12.2. The van der Waals surface area contributed by atoms with Crippen molar-refractivity contribution in [3.8, 4) is 0 Å². The maximum Gasteiger partial charge on any atom is 0.317 e. The van der Waals surface area contributed by atoms with E-state index in [1.165, 1.54) is 5.56 Å². The van der Waals surface area contributed by atoms with Crippen molar-refractivity contribution in [3.63, 3.8) is 0 Å². The van der Waals surface area contributed by atoms with Gasteiger partial charge in [0.25, 0.3) is 0 Å². The van der Waals surface area contributed by atoms with Gasteiger partial charge in [-0.25, -0.2) is 9.78 Å². The van der Waals surface area contributed by atoms with Gasteiger partial charge >= 0.3 is 6.03 Å². The molecule has 1 aromatic carbocycles. The fourth-order valence-electron chi connectivity index (χ4n) is 3.02. The molecule has 1 aliphatic rings. The van der Waals surface area contributed by atoms with Crippen LogP contribution in [-0.2, 0) is 20.0 Å². The van der Waals surface area contributed by atoms with E-state index in [4.69, 9.17) is 0 Å². The number of hydrogen-bond donors (Lipinski definition) is 1. The lowest BCUT2D eigenvalue weighted by molar-refractivity contribution is 0.170. The van der Waals surface area contributed by atoms with E-state index in [9.17, 15) is 4.79 Å². The molecule has 0 bridgehead atoms. The van der Waals surface area contributed by atoms with Crippen LogP contribution in [0.3, 0.4) is 0 Å². The van der Waals surface area contributed by atoms with E-state index >= 15 is 0 Å². The molecule has 1 fully saturated rings. The molecule has 2 amide bonds. The lowest BCUT2D eigenvalue weighted by Gasteiger charge is -2.32. The van der Waals surface area contributed by atoms with E-state index in [2.05, 4.69) is 39.7 Å². The molecule has 1 aliphatic heterocycles. The van der Waals surface area contributed by atoms with E-state index in [1.807, 2.05) is 18.0 Å². The first-order valence-corrected chi connectivity index (χ1v) is 8.12. The van der Waals surface area contributed by atoms with Gasteiger partial charge in [0.2, 0.25) is 0 Å². The summed E-state index contributed by atoms with van der Waals surface area (Å²) in [6.45, 7) is 2.02. The summed E-state index contributed by atoms with van der Waals surface area (Å²) >= 11 is 0. The van der Waals surface area contributed by atoms with Crippen molar-refractivity contribution in [2.75, 3.05) is 13.1 Å². The summed E-state index contributed by atoms with van der Waals surface area (Å²) < 4.78 is 1.64. The highest BCUT2D eigenvalue weighted by Crippen LogP contribution is 2.21. The summed E-state index contributed by atoms with van der Waals surface area (Å²) in [5.74, 6) is 1.30. The van der Waals surface area contributed by atoms with E-state index in [0.29, 0.717) is 18.3 Å². The lowest BCUT2D eigenvalue weighted by Crippen LogP contribution is -2.44. The van der Waals surface area contributed by atoms with Gasteiger partial charge in [0, 0.05) is 20.1 Å². The van der Waals surface area contributed by atoms with Crippen LogP contribution in [0.15, 0.2) is 36.7 Å². The normalized spacial score (nSPS) is 15.6. The number of carbonyl (C=O) groups is 1. The van der Waals surface area contributed by atoms with Gasteiger partial charge in [0.05, 0.1) is 6.54 Å². The largest absolute Gasteiger partial charge is 0.331 e. The van der Waals surface area contributed by atoms with E-state index in [0.717, 1.165) is 32.4 Å². The van der Waals surface area contributed by atoms with Crippen molar-refractivity contribution < 1.29 is 4.79 Å². The number of aryl methyl sites for hydroxylation is 1. The summed E-state index contributed by atoms with van der Waals surface area (Å²) in [6.07, 6.45) is 4.86. The molecular weight excluding hydrogens is 290 g/mol. The number of aromatic nitrogens is 3. The molecule has 1 saturated heterocycles. The standard InChI is InChI=1S/C17H23N5O/c1-21-13-19-16(20-21)12-18-17(23)22-9-7-15(8-10-22)11-14-5-3-2-4-6-14/h2-6,13,15H,7-12H2,1H3,(H,18,23). The fraction of sp³-hybridized carbons (Fsp3) is 0.471. The van der Waals surface area contributed by atoms with Crippen molar-refractivity contribution in [1.29, 1.82) is 0 Å². The number of amides is 2. The molecule has 0 radical (unpaired) electrons. The van der Waals surface area contributed by atoms with E-state index < -0.39 is 0 Å². The van der Waals surface area contributed by atoms with Crippen molar-refractivity contribution in [2.24, 2.45) is 13.0 Å². The zero-order valence-corrected chi connectivity index (χ0v) is 13.5. The molecule has 3 rings (SSSR count).